The Morgan fingerprint density at radius 3 is 2.90 bits per heavy atom. The molecular weight excluding hydrogens is 370 g/mol. The zero-order valence-electron chi connectivity index (χ0n) is 16.4. The first-order valence-corrected chi connectivity index (χ1v) is 9.17. The van der Waals surface area contributed by atoms with Crippen LogP contribution in [0, 0.1) is 0 Å². The molecule has 0 spiro atoms. The minimum atomic E-state index is -0.179. The summed E-state index contributed by atoms with van der Waals surface area (Å²) in [6, 6.07) is 11.2. The van der Waals surface area contributed by atoms with Gasteiger partial charge in [0.15, 0.2) is 5.82 Å². The van der Waals surface area contributed by atoms with Crippen LogP contribution in [-0.4, -0.2) is 44.5 Å². The molecule has 148 valence electrons. The summed E-state index contributed by atoms with van der Waals surface area (Å²) in [5, 5.41) is 18.5. The van der Waals surface area contributed by atoms with Gasteiger partial charge in [0.05, 0.1) is 24.4 Å². The number of aryl methyl sites for hydroxylation is 1. The van der Waals surface area contributed by atoms with E-state index >= 15 is 0 Å². The topological polar surface area (TPSA) is 110 Å². The third-order valence-corrected chi connectivity index (χ3v) is 4.50. The molecule has 0 aliphatic heterocycles. The highest BCUT2D eigenvalue weighted by Crippen LogP contribution is 2.27. The molecule has 0 unspecified atom stereocenters. The predicted octanol–water partition coefficient (Wildman–Crippen LogP) is 2.86. The molecule has 0 saturated heterocycles. The molecule has 9 heteroatoms. The van der Waals surface area contributed by atoms with E-state index in [1.807, 2.05) is 38.2 Å². The molecular formula is C20H21N7O2. The number of nitrogens with zero attached hydrogens (tertiary/aromatic N) is 4. The molecule has 2 aromatic heterocycles. The Kier molecular flexibility index (Phi) is 4.86. The number of benzene rings is 2. The van der Waals surface area contributed by atoms with Crippen LogP contribution in [0.2, 0.25) is 0 Å². The van der Waals surface area contributed by atoms with Crippen LogP contribution in [0.4, 0.5) is 11.6 Å². The Bertz CT molecular complexity index is 1180. The SMILES string of the molecule is CCNC(=O)c1ccc(-c2nc(Nc3ccc4[nH]ncc4c3)n(C)n2)cc1OC. The van der Waals surface area contributed by atoms with Gasteiger partial charge in [0.25, 0.3) is 5.91 Å². The van der Waals surface area contributed by atoms with Crippen LogP contribution in [0.25, 0.3) is 22.3 Å². The van der Waals surface area contributed by atoms with E-state index in [4.69, 9.17) is 4.74 Å². The minimum Gasteiger partial charge on any atom is -0.496 e. The number of aromatic amines is 1. The number of carbonyl (C=O) groups excluding carboxylic acids is 1. The molecule has 1 amide bonds. The van der Waals surface area contributed by atoms with E-state index in [1.165, 1.54) is 7.11 Å². The van der Waals surface area contributed by atoms with Gasteiger partial charge in [-0.05, 0) is 37.3 Å². The van der Waals surface area contributed by atoms with E-state index in [0.29, 0.717) is 29.6 Å². The van der Waals surface area contributed by atoms with Gasteiger partial charge in [-0.25, -0.2) is 4.68 Å². The van der Waals surface area contributed by atoms with Gasteiger partial charge in [-0.15, -0.1) is 5.10 Å². The highest BCUT2D eigenvalue weighted by atomic mass is 16.5. The highest BCUT2D eigenvalue weighted by molar-refractivity contribution is 5.97. The van der Waals surface area contributed by atoms with E-state index in [-0.39, 0.29) is 5.91 Å². The van der Waals surface area contributed by atoms with Crippen LogP contribution < -0.4 is 15.4 Å². The van der Waals surface area contributed by atoms with Crippen molar-refractivity contribution in [1.82, 2.24) is 30.3 Å². The molecule has 4 aromatic rings. The molecule has 0 radical (unpaired) electrons. The Morgan fingerprint density at radius 2 is 2.10 bits per heavy atom. The quantitative estimate of drug-likeness (QED) is 0.466. The molecule has 0 atom stereocenters. The molecule has 0 bridgehead atoms. The fourth-order valence-corrected chi connectivity index (χ4v) is 3.04. The zero-order chi connectivity index (χ0) is 20.4. The number of anilines is 2. The summed E-state index contributed by atoms with van der Waals surface area (Å²) in [5.74, 6) is 1.41. The van der Waals surface area contributed by atoms with E-state index in [1.54, 1.807) is 23.0 Å². The fourth-order valence-electron chi connectivity index (χ4n) is 3.04. The number of amides is 1. The van der Waals surface area contributed by atoms with Crippen molar-refractivity contribution < 1.29 is 9.53 Å². The minimum absolute atomic E-state index is 0.179. The van der Waals surface area contributed by atoms with Crippen LogP contribution in [0.5, 0.6) is 5.75 Å². The second-order valence-corrected chi connectivity index (χ2v) is 6.45. The molecule has 29 heavy (non-hydrogen) atoms. The Morgan fingerprint density at radius 1 is 1.24 bits per heavy atom. The number of methoxy groups -OCH3 is 1. The predicted molar refractivity (Wildman–Crippen MR) is 110 cm³/mol. The second kappa shape index (κ2) is 7.63. The lowest BCUT2D eigenvalue weighted by molar-refractivity contribution is 0.0953. The smallest absolute Gasteiger partial charge is 0.255 e. The Balaban J connectivity index is 1.62. The largest absolute Gasteiger partial charge is 0.496 e. The van der Waals surface area contributed by atoms with Gasteiger partial charge in [0.1, 0.15) is 5.75 Å². The maximum Gasteiger partial charge on any atom is 0.255 e. The van der Waals surface area contributed by atoms with Gasteiger partial charge in [-0.2, -0.15) is 10.1 Å². The molecule has 3 N–H and O–H groups in total. The van der Waals surface area contributed by atoms with Crippen LogP contribution in [0.1, 0.15) is 17.3 Å². The Hall–Kier alpha value is -3.88. The first kappa shape index (κ1) is 18.5. The number of hydrogen-bond donors (Lipinski definition) is 3. The van der Waals surface area contributed by atoms with E-state index in [0.717, 1.165) is 22.2 Å². The molecule has 0 saturated carbocycles. The van der Waals surface area contributed by atoms with Crippen LogP contribution in [-0.2, 0) is 7.05 Å². The lowest BCUT2D eigenvalue weighted by atomic mass is 10.1. The van der Waals surface area contributed by atoms with Gasteiger partial charge in [-0.3, -0.25) is 9.89 Å². The number of rotatable bonds is 6. The molecule has 0 aliphatic carbocycles. The van der Waals surface area contributed by atoms with Gasteiger partial charge >= 0.3 is 0 Å². The lowest BCUT2D eigenvalue weighted by Gasteiger charge is -2.09. The van der Waals surface area contributed by atoms with Crippen molar-refractivity contribution in [3.63, 3.8) is 0 Å². The van der Waals surface area contributed by atoms with Gasteiger partial charge < -0.3 is 15.4 Å². The van der Waals surface area contributed by atoms with Crippen molar-refractivity contribution in [2.75, 3.05) is 19.0 Å². The number of H-pyrrole nitrogens is 1. The van der Waals surface area contributed by atoms with Gasteiger partial charge in [0, 0.05) is 30.2 Å². The molecule has 2 aromatic carbocycles. The fraction of sp³-hybridized carbons (Fsp3) is 0.200. The number of aromatic nitrogens is 5. The van der Waals surface area contributed by atoms with Gasteiger partial charge in [0.2, 0.25) is 5.95 Å². The van der Waals surface area contributed by atoms with Gasteiger partial charge in [-0.1, -0.05) is 6.07 Å². The average Bonchev–Trinajstić information content (AvgIpc) is 3.34. The zero-order valence-corrected chi connectivity index (χ0v) is 16.4. The van der Waals surface area contributed by atoms with Crippen molar-refractivity contribution in [2.24, 2.45) is 7.05 Å². The molecule has 4 rings (SSSR count). The monoisotopic (exact) mass is 391 g/mol. The number of carbonyl (C=O) groups is 1. The standard InChI is InChI=1S/C20H21N7O2/c1-4-21-19(28)15-7-5-12(10-17(15)29-3)18-24-20(27(2)26-18)23-14-6-8-16-13(9-14)11-22-25-16/h5-11H,4H2,1-3H3,(H,21,28)(H,22,25)(H,23,24,26). The maximum absolute atomic E-state index is 12.2. The van der Waals surface area contributed by atoms with Crippen molar-refractivity contribution in [2.45, 2.75) is 6.92 Å². The normalized spacial score (nSPS) is 10.9. The third-order valence-electron chi connectivity index (χ3n) is 4.50. The summed E-state index contributed by atoms with van der Waals surface area (Å²) in [5.41, 5.74) is 3.07. The maximum atomic E-state index is 12.2. The number of fused-ring (bicyclic) bond motifs is 1. The van der Waals surface area contributed by atoms with Crippen molar-refractivity contribution in [3.05, 3.63) is 48.2 Å². The Labute approximate surface area is 167 Å². The molecule has 0 fully saturated rings. The molecule has 2 heterocycles. The summed E-state index contributed by atoms with van der Waals surface area (Å²) in [7, 11) is 3.35. The van der Waals surface area contributed by atoms with Crippen molar-refractivity contribution in [1.29, 1.82) is 0 Å². The number of ether oxygens (including phenoxy) is 1. The van der Waals surface area contributed by atoms with E-state index < -0.39 is 0 Å². The van der Waals surface area contributed by atoms with Crippen molar-refractivity contribution in [3.8, 4) is 17.1 Å². The first-order valence-electron chi connectivity index (χ1n) is 9.17. The number of hydrogen-bond acceptors (Lipinski definition) is 6. The summed E-state index contributed by atoms with van der Waals surface area (Å²) < 4.78 is 7.06. The van der Waals surface area contributed by atoms with Crippen LogP contribution >= 0.6 is 0 Å². The molecule has 9 nitrogen and oxygen atoms in total. The number of nitrogens with one attached hydrogen (secondary N) is 3. The summed E-state index contributed by atoms with van der Waals surface area (Å²) in [4.78, 5) is 16.8. The second-order valence-electron chi connectivity index (χ2n) is 6.45. The van der Waals surface area contributed by atoms with E-state index in [2.05, 4.69) is 30.9 Å². The van der Waals surface area contributed by atoms with Crippen LogP contribution in [0.15, 0.2) is 42.6 Å². The average molecular weight is 391 g/mol. The van der Waals surface area contributed by atoms with Crippen molar-refractivity contribution >= 4 is 28.4 Å². The first-order chi connectivity index (χ1) is 14.1. The summed E-state index contributed by atoms with van der Waals surface area (Å²) in [6.45, 7) is 2.42. The summed E-state index contributed by atoms with van der Waals surface area (Å²) >= 11 is 0. The highest BCUT2D eigenvalue weighted by Gasteiger charge is 2.16. The molecule has 0 aliphatic rings. The lowest BCUT2D eigenvalue weighted by Crippen LogP contribution is -2.23. The summed E-state index contributed by atoms with van der Waals surface area (Å²) in [6.07, 6.45) is 1.77. The van der Waals surface area contributed by atoms with E-state index in [9.17, 15) is 4.79 Å². The van der Waals surface area contributed by atoms with Crippen LogP contribution in [0.3, 0.4) is 0 Å². The third kappa shape index (κ3) is 3.62.